The summed E-state index contributed by atoms with van der Waals surface area (Å²) in [5, 5.41) is 3.17. The van der Waals surface area contributed by atoms with Gasteiger partial charge in [-0.1, -0.05) is 31.5 Å². The van der Waals surface area contributed by atoms with Crippen LogP contribution in [0.2, 0.25) is 5.02 Å². The Morgan fingerprint density at radius 3 is 2.39 bits per heavy atom. The SMILES string of the molecule is Cc1cc(C)c(NC(=O)CN(CCC(C)C)S(C)(=O)=O)c(Cl)c1. The smallest absolute Gasteiger partial charge is 0.239 e. The summed E-state index contributed by atoms with van der Waals surface area (Å²) in [6.07, 6.45) is 1.81. The molecule has 0 aliphatic carbocycles. The van der Waals surface area contributed by atoms with Crippen LogP contribution in [0.4, 0.5) is 5.69 Å². The van der Waals surface area contributed by atoms with Crippen LogP contribution in [0.1, 0.15) is 31.4 Å². The van der Waals surface area contributed by atoms with Crippen molar-refractivity contribution in [1.29, 1.82) is 0 Å². The summed E-state index contributed by atoms with van der Waals surface area (Å²) < 4.78 is 24.9. The van der Waals surface area contributed by atoms with Crippen molar-refractivity contribution in [3.8, 4) is 0 Å². The number of benzene rings is 1. The molecule has 0 spiro atoms. The van der Waals surface area contributed by atoms with Gasteiger partial charge >= 0.3 is 0 Å². The van der Waals surface area contributed by atoms with Gasteiger partial charge < -0.3 is 5.32 Å². The van der Waals surface area contributed by atoms with Gasteiger partial charge in [-0.15, -0.1) is 0 Å². The number of nitrogens with one attached hydrogen (secondary N) is 1. The van der Waals surface area contributed by atoms with Gasteiger partial charge in [-0.2, -0.15) is 4.31 Å². The molecule has 0 heterocycles. The highest BCUT2D eigenvalue weighted by molar-refractivity contribution is 7.88. The molecule has 1 N–H and O–H groups in total. The van der Waals surface area contributed by atoms with Gasteiger partial charge in [0.2, 0.25) is 15.9 Å². The monoisotopic (exact) mass is 360 g/mol. The van der Waals surface area contributed by atoms with Crippen molar-refractivity contribution in [2.24, 2.45) is 5.92 Å². The molecule has 0 radical (unpaired) electrons. The summed E-state index contributed by atoms with van der Waals surface area (Å²) in [6, 6.07) is 3.67. The van der Waals surface area contributed by atoms with Crippen LogP contribution in [-0.2, 0) is 14.8 Å². The van der Waals surface area contributed by atoms with E-state index in [1.165, 1.54) is 4.31 Å². The van der Waals surface area contributed by atoms with Crippen molar-refractivity contribution in [3.05, 3.63) is 28.3 Å². The Labute approximate surface area is 144 Å². The topological polar surface area (TPSA) is 66.5 Å². The van der Waals surface area contributed by atoms with E-state index in [1.54, 1.807) is 6.07 Å². The van der Waals surface area contributed by atoms with Crippen LogP contribution < -0.4 is 5.32 Å². The number of hydrogen-bond acceptors (Lipinski definition) is 3. The third-order valence-corrected chi connectivity index (χ3v) is 4.99. The molecule has 1 aromatic rings. The molecule has 23 heavy (non-hydrogen) atoms. The highest BCUT2D eigenvalue weighted by Gasteiger charge is 2.21. The molecule has 0 bridgehead atoms. The van der Waals surface area contributed by atoms with Crippen LogP contribution in [0.25, 0.3) is 0 Å². The molecule has 0 unspecified atom stereocenters. The minimum Gasteiger partial charge on any atom is -0.323 e. The van der Waals surface area contributed by atoms with E-state index < -0.39 is 15.9 Å². The van der Waals surface area contributed by atoms with E-state index in [4.69, 9.17) is 11.6 Å². The number of carbonyl (C=O) groups is 1. The maximum Gasteiger partial charge on any atom is 0.239 e. The fraction of sp³-hybridized carbons (Fsp3) is 0.562. The second-order valence-electron chi connectivity index (χ2n) is 6.27. The first-order valence-electron chi connectivity index (χ1n) is 7.52. The molecule has 0 aliphatic rings. The molecular weight excluding hydrogens is 336 g/mol. The second-order valence-corrected chi connectivity index (χ2v) is 8.66. The highest BCUT2D eigenvalue weighted by atomic mass is 35.5. The molecule has 0 saturated carbocycles. The Morgan fingerprint density at radius 2 is 1.91 bits per heavy atom. The number of sulfonamides is 1. The first-order chi connectivity index (χ1) is 10.5. The van der Waals surface area contributed by atoms with Crippen LogP contribution in [0.5, 0.6) is 0 Å². The summed E-state index contributed by atoms with van der Waals surface area (Å²) in [5.74, 6) is -0.0378. The number of amides is 1. The van der Waals surface area contributed by atoms with Gasteiger partial charge in [0.05, 0.1) is 23.5 Å². The number of nitrogens with zero attached hydrogens (tertiary/aromatic N) is 1. The Balaban J connectivity index is 2.84. The Hall–Kier alpha value is -1.11. The van der Waals surface area contributed by atoms with Crippen molar-refractivity contribution in [1.82, 2.24) is 4.31 Å². The van der Waals surface area contributed by atoms with E-state index in [0.29, 0.717) is 29.6 Å². The molecule has 0 fully saturated rings. The average molecular weight is 361 g/mol. The third-order valence-electron chi connectivity index (χ3n) is 3.44. The molecule has 5 nitrogen and oxygen atoms in total. The molecule has 1 amide bonds. The maximum atomic E-state index is 12.2. The Bertz CT molecular complexity index is 649. The lowest BCUT2D eigenvalue weighted by Crippen LogP contribution is -2.38. The zero-order valence-corrected chi connectivity index (χ0v) is 15.9. The highest BCUT2D eigenvalue weighted by Crippen LogP contribution is 2.27. The molecular formula is C16H25ClN2O3S. The number of halogens is 1. The quantitative estimate of drug-likeness (QED) is 0.811. The Kier molecular flexibility index (Phi) is 7.04. The van der Waals surface area contributed by atoms with Crippen LogP contribution >= 0.6 is 11.6 Å². The minimum absolute atomic E-state index is 0.213. The van der Waals surface area contributed by atoms with E-state index in [2.05, 4.69) is 5.32 Å². The van der Waals surface area contributed by atoms with Crippen molar-refractivity contribution in [2.45, 2.75) is 34.1 Å². The van der Waals surface area contributed by atoms with Gasteiger partial charge in [0.25, 0.3) is 0 Å². The number of rotatable bonds is 7. The van der Waals surface area contributed by atoms with Gasteiger partial charge in [0.15, 0.2) is 0 Å². The lowest BCUT2D eigenvalue weighted by atomic mass is 10.1. The second kappa shape index (κ2) is 8.13. The van der Waals surface area contributed by atoms with Crippen LogP contribution in [0.3, 0.4) is 0 Å². The minimum atomic E-state index is -3.44. The van der Waals surface area contributed by atoms with Crippen molar-refractivity contribution < 1.29 is 13.2 Å². The lowest BCUT2D eigenvalue weighted by molar-refractivity contribution is -0.116. The molecule has 1 aromatic carbocycles. The normalized spacial score (nSPS) is 12.0. The Morgan fingerprint density at radius 1 is 1.30 bits per heavy atom. The van der Waals surface area contributed by atoms with Gasteiger partial charge in [0, 0.05) is 6.54 Å². The first-order valence-corrected chi connectivity index (χ1v) is 9.75. The van der Waals surface area contributed by atoms with E-state index >= 15 is 0 Å². The number of aryl methyl sites for hydroxylation is 2. The fourth-order valence-corrected chi connectivity index (χ4v) is 3.33. The molecule has 0 aromatic heterocycles. The largest absolute Gasteiger partial charge is 0.323 e. The summed E-state index contributed by atoms with van der Waals surface area (Å²) in [7, 11) is -3.44. The van der Waals surface area contributed by atoms with Crippen LogP contribution in [-0.4, -0.2) is 38.0 Å². The lowest BCUT2D eigenvalue weighted by Gasteiger charge is -2.21. The van der Waals surface area contributed by atoms with Gasteiger partial charge in [0.1, 0.15) is 0 Å². The fourth-order valence-electron chi connectivity index (χ4n) is 2.18. The molecule has 1 rings (SSSR count). The summed E-state index contributed by atoms with van der Waals surface area (Å²) in [6.45, 7) is 7.90. The number of hydrogen-bond donors (Lipinski definition) is 1. The maximum absolute atomic E-state index is 12.2. The predicted octanol–water partition coefficient (Wildman–Crippen LogP) is 3.20. The predicted molar refractivity (Wildman–Crippen MR) is 95.4 cm³/mol. The summed E-state index contributed by atoms with van der Waals surface area (Å²) >= 11 is 6.16. The molecule has 0 saturated heterocycles. The average Bonchev–Trinajstić information content (AvgIpc) is 2.37. The van der Waals surface area contributed by atoms with Crippen molar-refractivity contribution >= 4 is 33.2 Å². The van der Waals surface area contributed by atoms with Crippen molar-refractivity contribution in [2.75, 3.05) is 24.7 Å². The van der Waals surface area contributed by atoms with E-state index in [-0.39, 0.29) is 6.54 Å². The summed E-state index contributed by atoms with van der Waals surface area (Å²) in [4.78, 5) is 12.2. The van der Waals surface area contributed by atoms with Crippen LogP contribution in [0.15, 0.2) is 12.1 Å². The van der Waals surface area contributed by atoms with E-state index in [1.807, 2.05) is 33.8 Å². The van der Waals surface area contributed by atoms with Gasteiger partial charge in [-0.3, -0.25) is 4.79 Å². The zero-order valence-electron chi connectivity index (χ0n) is 14.3. The van der Waals surface area contributed by atoms with Crippen LogP contribution in [0, 0.1) is 19.8 Å². The van der Waals surface area contributed by atoms with Gasteiger partial charge in [-0.25, -0.2) is 8.42 Å². The van der Waals surface area contributed by atoms with Crippen molar-refractivity contribution in [3.63, 3.8) is 0 Å². The standard InChI is InChI=1S/C16H25ClN2O3S/c1-11(2)6-7-19(23(5,21)22)10-15(20)18-16-13(4)8-12(3)9-14(16)17/h8-9,11H,6-7,10H2,1-5H3,(H,18,20). The number of carbonyl (C=O) groups excluding carboxylic acids is 1. The van der Waals surface area contributed by atoms with E-state index in [0.717, 1.165) is 17.4 Å². The van der Waals surface area contributed by atoms with E-state index in [9.17, 15) is 13.2 Å². The first kappa shape index (κ1) is 19.9. The zero-order chi connectivity index (χ0) is 17.8. The molecule has 0 aliphatic heterocycles. The van der Waals surface area contributed by atoms with Gasteiger partial charge in [-0.05, 0) is 43.4 Å². The summed E-state index contributed by atoms with van der Waals surface area (Å²) in [5.41, 5.74) is 2.37. The molecule has 7 heteroatoms. The third kappa shape index (κ3) is 6.49. The molecule has 0 atom stereocenters. The number of anilines is 1. The molecule has 130 valence electrons.